The standard InChI is InChI=1S/C10H11BrN2O3/c1-10(2,9(15)16)13-8(14)6-3-4-12-7(11)5-6/h3-5H,1-2H3,(H,13,14)(H,15,16). The first kappa shape index (κ1) is 12.6. The largest absolute Gasteiger partial charge is 0.480 e. The maximum absolute atomic E-state index is 11.7. The fourth-order valence-electron chi connectivity index (χ4n) is 0.953. The number of nitrogens with one attached hydrogen (secondary N) is 1. The molecule has 1 heterocycles. The summed E-state index contributed by atoms with van der Waals surface area (Å²) in [5, 5.41) is 11.3. The summed E-state index contributed by atoms with van der Waals surface area (Å²) in [6, 6.07) is 3.03. The molecule has 0 saturated heterocycles. The first-order valence-corrected chi connectivity index (χ1v) is 5.30. The molecule has 1 rings (SSSR count). The highest BCUT2D eigenvalue weighted by atomic mass is 79.9. The van der Waals surface area contributed by atoms with E-state index in [1.165, 1.54) is 32.2 Å². The quantitative estimate of drug-likeness (QED) is 0.824. The van der Waals surface area contributed by atoms with Crippen LogP contribution >= 0.6 is 15.9 Å². The molecule has 0 fully saturated rings. The van der Waals surface area contributed by atoms with Gasteiger partial charge in [-0.15, -0.1) is 0 Å². The zero-order valence-electron chi connectivity index (χ0n) is 8.82. The van der Waals surface area contributed by atoms with Crippen LogP contribution in [0.5, 0.6) is 0 Å². The van der Waals surface area contributed by atoms with Gasteiger partial charge < -0.3 is 10.4 Å². The van der Waals surface area contributed by atoms with E-state index in [9.17, 15) is 9.59 Å². The van der Waals surface area contributed by atoms with Crippen molar-refractivity contribution in [2.45, 2.75) is 19.4 Å². The Morgan fingerprint density at radius 1 is 1.50 bits per heavy atom. The Hall–Kier alpha value is -1.43. The van der Waals surface area contributed by atoms with Crippen LogP contribution in [0.3, 0.4) is 0 Å². The molecule has 6 heteroatoms. The molecule has 0 radical (unpaired) electrons. The second-order valence-electron chi connectivity index (χ2n) is 3.75. The van der Waals surface area contributed by atoms with E-state index in [0.29, 0.717) is 10.2 Å². The number of aliphatic carboxylic acids is 1. The summed E-state index contributed by atoms with van der Waals surface area (Å²) in [4.78, 5) is 26.4. The molecule has 1 amide bonds. The van der Waals surface area contributed by atoms with Gasteiger partial charge in [-0.3, -0.25) is 4.79 Å². The van der Waals surface area contributed by atoms with E-state index in [2.05, 4.69) is 26.2 Å². The molecular formula is C10H11BrN2O3. The third kappa shape index (κ3) is 3.03. The van der Waals surface area contributed by atoms with Crippen molar-refractivity contribution in [3.05, 3.63) is 28.5 Å². The van der Waals surface area contributed by atoms with Gasteiger partial charge in [0.2, 0.25) is 0 Å². The molecule has 0 aliphatic heterocycles. The van der Waals surface area contributed by atoms with Crippen molar-refractivity contribution in [2.24, 2.45) is 0 Å². The number of carbonyl (C=O) groups is 2. The van der Waals surface area contributed by atoms with Crippen LogP contribution in [0.1, 0.15) is 24.2 Å². The second kappa shape index (κ2) is 4.61. The molecule has 0 aliphatic carbocycles. The predicted molar refractivity (Wildman–Crippen MR) is 61.1 cm³/mol. The monoisotopic (exact) mass is 286 g/mol. The van der Waals surface area contributed by atoms with Crippen molar-refractivity contribution < 1.29 is 14.7 Å². The van der Waals surface area contributed by atoms with Crippen molar-refractivity contribution in [2.75, 3.05) is 0 Å². The molecule has 2 N–H and O–H groups in total. The van der Waals surface area contributed by atoms with E-state index in [1.54, 1.807) is 0 Å². The van der Waals surface area contributed by atoms with Gasteiger partial charge in [0.05, 0.1) is 0 Å². The Labute approximate surface area is 101 Å². The number of carboxylic acids is 1. The van der Waals surface area contributed by atoms with Crippen molar-refractivity contribution in [3.8, 4) is 0 Å². The van der Waals surface area contributed by atoms with Gasteiger partial charge in [-0.25, -0.2) is 9.78 Å². The smallest absolute Gasteiger partial charge is 0.328 e. The van der Waals surface area contributed by atoms with Crippen molar-refractivity contribution >= 4 is 27.8 Å². The van der Waals surface area contributed by atoms with Crippen LogP contribution in [0.2, 0.25) is 0 Å². The molecule has 16 heavy (non-hydrogen) atoms. The fraction of sp³-hybridized carbons (Fsp3) is 0.300. The Morgan fingerprint density at radius 3 is 2.62 bits per heavy atom. The lowest BCUT2D eigenvalue weighted by molar-refractivity contribution is -0.143. The van der Waals surface area contributed by atoms with Gasteiger partial charge in [0.15, 0.2) is 0 Å². The van der Waals surface area contributed by atoms with Gasteiger partial charge in [-0.05, 0) is 41.9 Å². The van der Waals surface area contributed by atoms with Crippen LogP contribution in [-0.4, -0.2) is 27.5 Å². The molecular weight excluding hydrogens is 276 g/mol. The lowest BCUT2D eigenvalue weighted by Gasteiger charge is -2.20. The van der Waals surface area contributed by atoms with Gasteiger partial charge in [0.25, 0.3) is 5.91 Å². The molecule has 0 unspecified atom stereocenters. The van der Waals surface area contributed by atoms with Crippen molar-refractivity contribution in [3.63, 3.8) is 0 Å². The fourth-order valence-corrected chi connectivity index (χ4v) is 1.32. The van der Waals surface area contributed by atoms with Crippen LogP contribution in [0.4, 0.5) is 0 Å². The van der Waals surface area contributed by atoms with Gasteiger partial charge in [0, 0.05) is 11.8 Å². The minimum absolute atomic E-state index is 0.358. The molecule has 0 saturated carbocycles. The third-order valence-corrected chi connectivity index (χ3v) is 2.38. The van der Waals surface area contributed by atoms with Crippen LogP contribution in [0.15, 0.2) is 22.9 Å². The number of halogens is 1. The minimum Gasteiger partial charge on any atom is -0.480 e. The molecule has 1 aromatic heterocycles. The molecule has 0 aliphatic rings. The highest BCUT2D eigenvalue weighted by Crippen LogP contribution is 2.10. The lowest BCUT2D eigenvalue weighted by Crippen LogP contribution is -2.49. The summed E-state index contributed by atoms with van der Waals surface area (Å²) in [5.74, 6) is -1.54. The van der Waals surface area contributed by atoms with E-state index in [1.807, 2.05) is 0 Å². The van der Waals surface area contributed by atoms with E-state index in [-0.39, 0.29) is 0 Å². The normalized spacial score (nSPS) is 10.9. The molecule has 1 aromatic rings. The van der Waals surface area contributed by atoms with E-state index >= 15 is 0 Å². The summed E-state index contributed by atoms with van der Waals surface area (Å²) >= 11 is 3.13. The Morgan fingerprint density at radius 2 is 2.12 bits per heavy atom. The second-order valence-corrected chi connectivity index (χ2v) is 4.56. The maximum Gasteiger partial charge on any atom is 0.328 e. The molecule has 0 atom stereocenters. The number of amides is 1. The average molecular weight is 287 g/mol. The third-order valence-electron chi connectivity index (χ3n) is 1.95. The number of carbonyl (C=O) groups excluding carboxylic acids is 1. The lowest BCUT2D eigenvalue weighted by atomic mass is 10.1. The van der Waals surface area contributed by atoms with Crippen molar-refractivity contribution in [1.29, 1.82) is 0 Å². The van der Waals surface area contributed by atoms with Gasteiger partial charge in [-0.2, -0.15) is 0 Å². The molecule has 0 spiro atoms. The minimum atomic E-state index is -1.30. The van der Waals surface area contributed by atoms with Crippen molar-refractivity contribution in [1.82, 2.24) is 10.3 Å². The Kier molecular flexibility index (Phi) is 3.64. The maximum atomic E-state index is 11.7. The number of pyridine rings is 1. The highest BCUT2D eigenvalue weighted by Gasteiger charge is 2.29. The average Bonchev–Trinajstić information content (AvgIpc) is 2.16. The summed E-state index contributed by atoms with van der Waals surface area (Å²) in [5.41, 5.74) is -0.941. The van der Waals surface area contributed by atoms with E-state index in [0.717, 1.165) is 0 Å². The number of carboxylic acid groups (broad SMARTS) is 1. The molecule has 0 aromatic carbocycles. The zero-order chi connectivity index (χ0) is 12.3. The summed E-state index contributed by atoms with van der Waals surface area (Å²) in [7, 11) is 0. The molecule has 86 valence electrons. The van der Waals surface area contributed by atoms with Crippen LogP contribution in [0, 0.1) is 0 Å². The summed E-state index contributed by atoms with van der Waals surface area (Å²) in [6.07, 6.45) is 1.47. The highest BCUT2D eigenvalue weighted by molar-refractivity contribution is 9.10. The number of aromatic nitrogens is 1. The Balaban J connectivity index is 2.85. The van der Waals surface area contributed by atoms with Gasteiger partial charge >= 0.3 is 5.97 Å². The summed E-state index contributed by atoms with van der Waals surface area (Å²) in [6.45, 7) is 2.84. The van der Waals surface area contributed by atoms with E-state index in [4.69, 9.17) is 5.11 Å². The molecule has 5 nitrogen and oxygen atoms in total. The summed E-state index contributed by atoms with van der Waals surface area (Å²) < 4.78 is 0.522. The van der Waals surface area contributed by atoms with Gasteiger partial charge in [-0.1, -0.05) is 0 Å². The molecule has 0 bridgehead atoms. The number of rotatable bonds is 3. The number of hydrogen-bond acceptors (Lipinski definition) is 3. The van der Waals surface area contributed by atoms with Crippen LogP contribution in [-0.2, 0) is 4.79 Å². The Bertz CT molecular complexity index is 432. The first-order valence-electron chi connectivity index (χ1n) is 4.50. The SMILES string of the molecule is CC(C)(NC(=O)c1ccnc(Br)c1)C(=O)O. The number of hydrogen-bond donors (Lipinski definition) is 2. The van der Waals surface area contributed by atoms with Gasteiger partial charge in [0.1, 0.15) is 10.1 Å². The topological polar surface area (TPSA) is 79.3 Å². The van der Waals surface area contributed by atoms with Crippen LogP contribution < -0.4 is 5.32 Å². The van der Waals surface area contributed by atoms with E-state index < -0.39 is 17.4 Å². The number of nitrogens with zero attached hydrogens (tertiary/aromatic N) is 1. The first-order chi connectivity index (χ1) is 7.33. The predicted octanol–water partition coefficient (Wildman–Crippen LogP) is 1.44. The zero-order valence-corrected chi connectivity index (χ0v) is 10.4. The van der Waals surface area contributed by atoms with Crippen LogP contribution in [0.25, 0.3) is 0 Å².